The standard InChI is InChI=1S/C19H19NO2/c1-13(11-12-21)18-17(15-9-5-6-10-16(15)20-18)19(22)14-7-3-2-4-8-14/h2-10,13,20-21H,11-12H2,1H3. The fraction of sp³-hybridized carbons (Fsp3) is 0.211. The maximum absolute atomic E-state index is 13.0. The number of aromatic nitrogens is 1. The fourth-order valence-electron chi connectivity index (χ4n) is 2.85. The summed E-state index contributed by atoms with van der Waals surface area (Å²) in [5.74, 6) is 0.123. The molecule has 22 heavy (non-hydrogen) atoms. The number of aliphatic hydroxyl groups excluding tert-OH is 1. The third-order valence-corrected chi connectivity index (χ3v) is 4.05. The first-order chi connectivity index (χ1) is 10.7. The summed E-state index contributed by atoms with van der Waals surface area (Å²) in [6.07, 6.45) is 0.627. The van der Waals surface area contributed by atoms with E-state index < -0.39 is 0 Å². The van der Waals surface area contributed by atoms with Gasteiger partial charge in [0.05, 0.1) is 5.56 Å². The maximum atomic E-state index is 13.0. The van der Waals surface area contributed by atoms with E-state index in [1.807, 2.05) is 61.5 Å². The number of hydrogen-bond acceptors (Lipinski definition) is 2. The quantitative estimate of drug-likeness (QED) is 0.701. The van der Waals surface area contributed by atoms with E-state index in [1.54, 1.807) is 0 Å². The molecular weight excluding hydrogens is 274 g/mol. The Labute approximate surface area is 129 Å². The summed E-state index contributed by atoms with van der Waals surface area (Å²) >= 11 is 0. The predicted octanol–water partition coefficient (Wildman–Crippen LogP) is 3.88. The first kappa shape index (κ1) is 14.5. The number of benzene rings is 2. The third-order valence-electron chi connectivity index (χ3n) is 4.05. The molecule has 0 aliphatic heterocycles. The number of aliphatic hydroxyl groups is 1. The Bertz CT molecular complexity index is 790. The lowest BCUT2D eigenvalue weighted by molar-refractivity contribution is 0.103. The molecule has 1 unspecified atom stereocenters. The third kappa shape index (κ3) is 2.55. The molecule has 0 aliphatic carbocycles. The number of hydrogen-bond donors (Lipinski definition) is 2. The van der Waals surface area contributed by atoms with E-state index in [1.165, 1.54) is 0 Å². The van der Waals surface area contributed by atoms with Crippen LogP contribution in [0.3, 0.4) is 0 Å². The molecule has 0 bridgehead atoms. The van der Waals surface area contributed by atoms with Crippen molar-refractivity contribution in [2.75, 3.05) is 6.61 Å². The van der Waals surface area contributed by atoms with E-state index in [4.69, 9.17) is 0 Å². The van der Waals surface area contributed by atoms with Crippen molar-refractivity contribution in [2.24, 2.45) is 0 Å². The van der Waals surface area contributed by atoms with Crippen LogP contribution in [-0.2, 0) is 0 Å². The van der Waals surface area contributed by atoms with Crippen LogP contribution in [0.2, 0.25) is 0 Å². The molecular formula is C19H19NO2. The van der Waals surface area contributed by atoms with Crippen molar-refractivity contribution >= 4 is 16.7 Å². The van der Waals surface area contributed by atoms with Gasteiger partial charge in [-0.05, 0) is 18.4 Å². The molecule has 2 N–H and O–H groups in total. The van der Waals surface area contributed by atoms with Crippen LogP contribution < -0.4 is 0 Å². The number of H-pyrrole nitrogens is 1. The van der Waals surface area contributed by atoms with Gasteiger partial charge in [-0.15, -0.1) is 0 Å². The van der Waals surface area contributed by atoms with Gasteiger partial charge in [-0.3, -0.25) is 4.79 Å². The minimum Gasteiger partial charge on any atom is -0.396 e. The van der Waals surface area contributed by atoms with Crippen LogP contribution in [-0.4, -0.2) is 22.5 Å². The van der Waals surface area contributed by atoms with Crippen LogP contribution in [0.15, 0.2) is 54.6 Å². The van der Waals surface area contributed by atoms with E-state index >= 15 is 0 Å². The summed E-state index contributed by atoms with van der Waals surface area (Å²) in [6, 6.07) is 17.2. The highest BCUT2D eigenvalue weighted by atomic mass is 16.3. The van der Waals surface area contributed by atoms with Crippen molar-refractivity contribution in [1.82, 2.24) is 4.98 Å². The highest BCUT2D eigenvalue weighted by molar-refractivity contribution is 6.17. The van der Waals surface area contributed by atoms with Gasteiger partial charge in [0.15, 0.2) is 5.78 Å². The van der Waals surface area contributed by atoms with Gasteiger partial charge in [-0.2, -0.15) is 0 Å². The van der Waals surface area contributed by atoms with Crippen molar-refractivity contribution in [1.29, 1.82) is 0 Å². The number of aromatic amines is 1. The molecule has 3 rings (SSSR count). The molecule has 0 saturated heterocycles. The Hall–Kier alpha value is -2.39. The SMILES string of the molecule is CC(CCO)c1[nH]c2ccccc2c1C(=O)c1ccccc1. The van der Waals surface area contributed by atoms with Gasteiger partial charge in [-0.25, -0.2) is 0 Å². The van der Waals surface area contributed by atoms with Crippen molar-refractivity contribution < 1.29 is 9.90 Å². The van der Waals surface area contributed by atoms with E-state index in [0.29, 0.717) is 12.0 Å². The zero-order valence-electron chi connectivity index (χ0n) is 12.5. The van der Waals surface area contributed by atoms with E-state index in [2.05, 4.69) is 4.98 Å². The van der Waals surface area contributed by atoms with Crippen molar-refractivity contribution in [3.63, 3.8) is 0 Å². The number of carbonyl (C=O) groups excluding carboxylic acids is 1. The zero-order chi connectivity index (χ0) is 15.5. The molecule has 0 saturated carbocycles. The van der Waals surface area contributed by atoms with Crippen LogP contribution in [0.5, 0.6) is 0 Å². The van der Waals surface area contributed by atoms with Gasteiger partial charge in [0, 0.05) is 28.8 Å². The van der Waals surface area contributed by atoms with Gasteiger partial charge in [0.2, 0.25) is 0 Å². The minimum absolute atomic E-state index is 0.0258. The molecule has 1 heterocycles. The smallest absolute Gasteiger partial charge is 0.195 e. The second kappa shape index (κ2) is 6.16. The van der Waals surface area contributed by atoms with Crippen molar-refractivity contribution in [2.45, 2.75) is 19.3 Å². The summed E-state index contributed by atoms with van der Waals surface area (Å²) in [5.41, 5.74) is 3.28. The van der Waals surface area contributed by atoms with Crippen molar-refractivity contribution in [3.8, 4) is 0 Å². The van der Waals surface area contributed by atoms with Gasteiger partial charge in [-0.1, -0.05) is 55.5 Å². The Balaban J connectivity index is 2.17. The number of nitrogens with one attached hydrogen (secondary N) is 1. The van der Waals surface area contributed by atoms with Gasteiger partial charge in [0.1, 0.15) is 0 Å². The Morgan fingerprint density at radius 2 is 1.77 bits per heavy atom. The maximum Gasteiger partial charge on any atom is 0.195 e. The van der Waals surface area contributed by atoms with E-state index in [9.17, 15) is 9.90 Å². The molecule has 1 aromatic heterocycles. The monoisotopic (exact) mass is 293 g/mol. The molecule has 0 radical (unpaired) electrons. The number of carbonyl (C=O) groups is 1. The molecule has 1 atom stereocenters. The summed E-state index contributed by atoms with van der Waals surface area (Å²) in [4.78, 5) is 16.3. The predicted molar refractivity (Wildman–Crippen MR) is 88.3 cm³/mol. The molecule has 0 amide bonds. The molecule has 0 fully saturated rings. The summed E-state index contributed by atoms with van der Waals surface area (Å²) in [7, 11) is 0. The second-order valence-corrected chi connectivity index (χ2v) is 5.57. The molecule has 3 nitrogen and oxygen atoms in total. The number of ketones is 1. The first-order valence-electron chi connectivity index (χ1n) is 7.53. The number of rotatable bonds is 5. The highest BCUT2D eigenvalue weighted by Crippen LogP contribution is 2.31. The highest BCUT2D eigenvalue weighted by Gasteiger charge is 2.22. The van der Waals surface area contributed by atoms with E-state index in [-0.39, 0.29) is 18.3 Å². The summed E-state index contributed by atoms with van der Waals surface area (Å²) < 4.78 is 0. The van der Waals surface area contributed by atoms with Gasteiger partial charge < -0.3 is 10.1 Å². The Morgan fingerprint density at radius 3 is 2.50 bits per heavy atom. The van der Waals surface area contributed by atoms with Crippen molar-refractivity contribution in [3.05, 3.63) is 71.4 Å². The average Bonchev–Trinajstić information content (AvgIpc) is 2.95. The van der Waals surface area contributed by atoms with Gasteiger partial charge >= 0.3 is 0 Å². The second-order valence-electron chi connectivity index (χ2n) is 5.57. The zero-order valence-corrected chi connectivity index (χ0v) is 12.5. The lowest BCUT2D eigenvalue weighted by Gasteiger charge is -2.11. The normalized spacial score (nSPS) is 12.5. The lowest BCUT2D eigenvalue weighted by atomic mass is 9.94. The number of fused-ring (bicyclic) bond motifs is 1. The van der Waals surface area contributed by atoms with Crippen LogP contribution in [0, 0.1) is 0 Å². The Morgan fingerprint density at radius 1 is 1.09 bits per heavy atom. The lowest BCUT2D eigenvalue weighted by Crippen LogP contribution is -2.07. The van der Waals surface area contributed by atoms with E-state index in [0.717, 1.165) is 22.2 Å². The molecule has 3 aromatic rings. The largest absolute Gasteiger partial charge is 0.396 e. The van der Waals surface area contributed by atoms with Crippen LogP contribution in [0.4, 0.5) is 0 Å². The number of para-hydroxylation sites is 1. The molecule has 0 aliphatic rings. The topological polar surface area (TPSA) is 53.1 Å². The first-order valence-corrected chi connectivity index (χ1v) is 7.53. The molecule has 112 valence electrons. The van der Waals surface area contributed by atoms with Crippen LogP contribution >= 0.6 is 0 Å². The molecule has 3 heteroatoms. The fourth-order valence-corrected chi connectivity index (χ4v) is 2.85. The Kier molecular flexibility index (Phi) is 4.07. The minimum atomic E-state index is 0.0258. The summed E-state index contributed by atoms with van der Waals surface area (Å²) in [5, 5.41) is 10.2. The van der Waals surface area contributed by atoms with Crippen LogP contribution in [0.1, 0.15) is 40.9 Å². The van der Waals surface area contributed by atoms with Gasteiger partial charge in [0.25, 0.3) is 0 Å². The molecule has 0 spiro atoms. The average molecular weight is 293 g/mol. The molecule has 2 aromatic carbocycles. The summed E-state index contributed by atoms with van der Waals surface area (Å²) in [6.45, 7) is 2.14. The van der Waals surface area contributed by atoms with Crippen LogP contribution in [0.25, 0.3) is 10.9 Å².